The Bertz CT molecular complexity index is 692. The minimum Gasteiger partial charge on any atom is -0.492 e. The van der Waals surface area contributed by atoms with Crippen molar-refractivity contribution < 1.29 is 9.53 Å². The number of para-hydroxylation sites is 1. The first-order valence-electron chi connectivity index (χ1n) is 6.92. The van der Waals surface area contributed by atoms with Crippen LogP contribution in [-0.4, -0.2) is 19.2 Å². The number of rotatable bonds is 5. The van der Waals surface area contributed by atoms with E-state index in [2.05, 4.69) is 10.6 Å². The van der Waals surface area contributed by atoms with Gasteiger partial charge in [0.25, 0.3) is 0 Å². The molecule has 0 heterocycles. The molecule has 0 radical (unpaired) electrons. The first-order chi connectivity index (χ1) is 10.7. The molecule has 0 aliphatic heterocycles. The van der Waals surface area contributed by atoms with E-state index in [9.17, 15) is 4.79 Å². The Morgan fingerprint density at radius 3 is 2.82 bits per heavy atom. The topological polar surface area (TPSA) is 74.2 Å². The molecule has 0 aliphatic rings. The third-order valence-corrected chi connectivity index (χ3v) is 2.94. The Morgan fingerprint density at radius 2 is 2.05 bits per heavy atom. The van der Waals surface area contributed by atoms with Gasteiger partial charge in [0.1, 0.15) is 18.4 Å². The van der Waals surface area contributed by atoms with E-state index in [0.29, 0.717) is 24.4 Å². The smallest absolute Gasteiger partial charge is 0.319 e. The summed E-state index contributed by atoms with van der Waals surface area (Å²) in [7, 11) is 0. The molecule has 0 atom stereocenters. The highest BCUT2D eigenvalue weighted by atomic mass is 16.5. The summed E-state index contributed by atoms with van der Waals surface area (Å²) < 4.78 is 5.54. The van der Waals surface area contributed by atoms with Crippen LogP contribution in [0.5, 0.6) is 5.75 Å². The van der Waals surface area contributed by atoms with Crippen molar-refractivity contribution >= 4 is 11.7 Å². The molecular weight excluding hydrogens is 278 g/mol. The van der Waals surface area contributed by atoms with E-state index in [1.165, 1.54) is 0 Å². The molecule has 2 rings (SSSR count). The number of amides is 2. The van der Waals surface area contributed by atoms with Gasteiger partial charge in [0.2, 0.25) is 0 Å². The van der Waals surface area contributed by atoms with Gasteiger partial charge >= 0.3 is 6.03 Å². The van der Waals surface area contributed by atoms with E-state index >= 15 is 0 Å². The number of aryl methyl sites for hydroxylation is 1. The lowest BCUT2D eigenvalue weighted by Crippen LogP contribution is -2.32. The number of hydrogen-bond donors (Lipinski definition) is 2. The van der Waals surface area contributed by atoms with Crippen LogP contribution in [0.25, 0.3) is 0 Å². The summed E-state index contributed by atoms with van der Waals surface area (Å²) in [4.78, 5) is 11.8. The van der Waals surface area contributed by atoms with Crippen molar-refractivity contribution in [3.8, 4) is 11.8 Å². The van der Waals surface area contributed by atoms with E-state index in [1.54, 1.807) is 24.3 Å². The van der Waals surface area contributed by atoms with Crippen molar-refractivity contribution in [2.75, 3.05) is 18.5 Å². The molecule has 0 bridgehead atoms. The summed E-state index contributed by atoms with van der Waals surface area (Å²) in [6.07, 6.45) is 0. The molecule has 0 aromatic heterocycles. The second-order valence-corrected chi connectivity index (χ2v) is 4.70. The van der Waals surface area contributed by atoms with Gasteiger partial charge in [0.15, 0.2) is 0 Å². The fraction of sp³-hybridized carbons (Fsp3) is 0.176. The Balaban J connectivity index is 1.75. The van der Waals surface area contributed by atoms with Gasteiger partial charge in [-0.3, -0.25) is 0 Å². The summed E-state index contributed by atoms with van der Waals surface area (Å²) >= 11 is 0. The average Bonchev–Trinajstić information content (AvgIpc) is 2.52. The maximum absolute atomic E-state index is 11.8. The van der Waals surface area contributed by atoms with Crippen molar-refractivity contribution in [1.29, 1.82) is 5.26 Å². The predicted octanol–water partition coefficient (Wildman–Crippen LogP) is 3.07. The molecule has 5 nitrogen and oxygen atoms in total. The Morgan fingerprint density at radius 1 is 1.23 bits per heavy atom. The van der Waals surface area contributed by atoms with Crippen LogP contribution in [0, 0.1) is 18.3 Å². The third-order valence-electron chi connectivity index (χ3n) is 2.94. The van der Waals surface area contributed by atoms with Crippen molar-refractivity contribution in [1.82, 2.24) is 5.32 Å². The maximum atomic E-state index is 11.8. The van der Waals surface area contributed by atoms with Gasteiger partial charge in [-0.15, -0.1) is 0 Å². The lowest BCUT2D eigenvalue weighted by Gasteiger charge is -2.10. The van der Waals surface area contributed by atoms with Gasteiger partial charge in [0.05, 0.1) is 17.8 Å². The van der Waals surface area contributed by atoms with E-state index < -0.39 is 0 Å². The maximum Gasteiger partial charge on any atom is 0.319 e. The van der Waals surface area contributed by atoms with Crippen molar-refractivity contribution in [3.63, 3.8) is 0 Å². The standard InChI is InChI=1S/C17H17N3O2/c1-13-5-4-7-15(11-13)22-10-9-19-17(21)20-16-8-3-2-6-14(16)12-18/h2-8,11H,9-10H2,1H3,(H2,19,20,21). The van der Waals surface area contributed by atoms with Crippen LogP contribution in [0.4, 0.5) is 10.5 Å². The normalized spacial score (nSPS) is 9.64. The number of nitrogens with zero attached hydrogens (tertiary/aromatic N) is 1. The number of benzene rings is 2. The molecule has 112 valence electrons. The second kappa shape index (κ2) is 7.70. The lowest BCUT2D eigenvalue weighted by molar-refractivity contribution is 0.247. The van der Waals surface area contributed by atoms with Crippen molar-refractivity contribution in [2.45, 2.75) is 6.92 Å². The van der Waals surface area contributed by atoms with Crippen LogP contribution in [0.2, 0.25) is 0 Å². The third kappa shape index (κ3) is 4.53. The number of urea groups is 1. The summed E-state index contributed by atoms with van der Waals surface area (Å²) in [5.74, 6) is 0.775. The molecular formula is C17H17N3O2. The lowest BCUT2D eigenvalue weighted by atomic mass is 10.2. The molecule has 5 heteroatoms. The quantitative estimate of drug-likeness (QED) is 0.832. The first-order valence-corrected chi connectivity index (χ1v) is 6.92. The number of carbonyl (C=O) groups excluding carboxylic acids is 1. The molecule has 2 amide bonds. The summed E-state index contributed by atoms with van der Waals surface area (Å²) in [6, 6.07) is 16.2. The zero-order valence-electron chi connectivity index (χ0n) is 12.3. The Kier molecular flexibility index (Phi) is 5.38. The van der Waals surface area contributed by atoms with E-state index in [-0.39, 0.29) is 6.03 Å². The number of hydrogen-bond acceptors (Lipinski definition) is 3. The highest BCUT2D eigenvalue weighted by molar-refractivity contribution is 5.90. The van der Waals surface area contributed by atoms with Gasteiger partial charge < -0.3 is 15.4 Å². The van der Waals surface area contributed by atoms with Gasteiger partial charge in [-0.25, -0.2) is 4.79 Å². The molecule has 0 unspecified atom stereocenters. The average molecular weight is 295 g/mol. The first kappa shape index (κ1) is 15.4. The fourth-order valence-corrected chi connectivity index (χ4v) is 1.89. The van der Waals surface area contributed by atoms with Gasteiger partial charge in [-0.05, 0) is 36.8 Å². The van der Waals surface area contributed by atoms with Gasteiger partial charge in [-0.1, -0.05) is 24.3 Å². The monoisotopic (exact) mass is 295 g/mol. The van der Waals surface area contributed by atoms with Crippen LogP contribution >= 0.6 is 0 Å². The number of ether oxygens (including phenoxy) is 1. The number of nitrogens with one attached hydrogen (secondary N) is 2. The van der Waals surface area contributed by atoms with Crippen LogP contribution in [0.1, 0.15) is 11.1 Å². The number of carbonyl (C=O) groups is 1. The van der Waals surface area contributed by atoms with E-state index in [0.717, 1.165) is 11.3 Å². The molecule has 0 spiro atoms. The van der Waals surface area contributed by atoms with Crippen LogP contribution in [0.15, 0.2) is 48.5 Å². The molecule has 0 fully saturated rings. The predicted molar refractivity (Wildman–Crippen MR) is 84.9 cm³/mol. The molecule has 2 N–H and O–H groups in total. The molecule has 2 aromatic carbocycles. The zero-order valence-corrected chi connectivity index (χ0v) is 12.3. The second-order valence-electron chi connectivity index (χ2n) is 4.70. The largest absolute Gasteiger partial charge is 0.492 e. The van der Waals surface area contributed by atoms with Gasteiger partial charge in [-0.2, -0.15) is 5.26 Å². The molecule has 0 saturated heterocycles. The Labute approximate surface area is 129 Å². The van der Waals surface area contributed by atoms with Crippen LogP contribution in [0.3, 0.4) is 0 Å². The SMILES string of the molecule is Cc1cccc(OCCNC(=O)Nc2ccccc2C#N)c1. The minimum atomic E-state index is -0.365. The van der Waals surface area contributed by atoms with E-state index in [1.807, 2.05) is 37.3 Å². The number of nitriles is 1. The molecule has 2 aromatic rings. The summed E-state index contributed by atoms with van der Waals surface area (Å²) in [6.45, 7) is 2.73. The van der Waals surface area contributed by atoms with E-state index in [4.69, 9.17) is 10.00 Å². The molecule has 0 aliphatic carbocycles. The molecule has 0 saturated carbocycles. The van der Waals surface area contributed by atoms with Crippen molar-refractivity contribution in [3.05, 3.63) is 59.7 Å². The Hall–Kier alpha value is -3.00. The van der Waals surface area contributed by atoms with Crippen LogP contribution < -0.4 is 15.4 Å². The summed E-state index contributed by atoms with van der Waals surface area (Å²) in [5.41, 5.74) is 2.03. The highest BCUT2D eigenvalue weighted by Gasteiger charge is 2.05. The van der Waals surface area contributed by atoms with Crippen molar-refractivity contribution in [2.24, 2.45) is 0 Å². The van der Waals surface area contributed by atoms with Gasteiger partial charge in [0, 0.05) is 0 Å². The summed E-state index contributed by atoms with van der Waals surface area (Å²) in [5, 5.41) is 14.3. The fourth-order valence-electron chi connectivity index (χ4n) is 1.89. The number of anilines is 1. The zero-order chi connectivity index (χ0) is 15.8. The highest BCUT2D eigenvalue weighted by Crippen LogP contribution is 2.13. The molecule has 22 heavy (non-hydrogen) atoms. The van der Waals surface area contributed by atoms with Crippen LogP contribution in [-0.2, 0) is 0 Å². The minimum absolute atomic E-state index is 0.365.